The third kappa shape index (κ3) is 5.47. The summed E-state index contributed by atoms with van der Waals surface area (Å²) in [5.74, 6) is -2.45. The van der Waals surface area contributed by atoms with Crippen molar-refractivity contribution in [1.29, 1.82) is 0 Å². The van der Waals surface area contributed by atoms with E-state index in [1.165, 1.54) is 28.6 Å². The molecule has 32 heavy (non-hydrogen) atoms. The molecule has 2 unspecified atom stereocenters. The van der Waals surface area contributed by atoms with E-state index in [0.717, 1.165) is 5.56 Å². The van der Waals surface area contributed by atoms with Crippen LogP contribution in [0.2, 0.25) is 0 Å². The number of aryl methyl sites for hydroxylation is 1. The minimum atomic E-state index is -4.96. The molecule has 0 bridgehead atoms. The van der Waals surface area contributed by atoms with E-state index in [1.54, 1.807) is 24.3 Å². The monoisotopic (exact) mass is 472 g/mol. The molecule has 2 aromatic rings. The van der Waals surface area contributed by atoms with Crippen LogP contribution in [-0.2, 0) is 14.8 Å². The Balaban J connectivity index is 1.82. The summed E-state index contributed by atoms with van der Waals surface area (Å²) in [5, 5.41) is 1.81. The largest absolute Gasteiger partial charge is 0.471 e. The highest BCUT2D eigenvalue weighted by Crippen LogP contribution is 2.42. The Labute approximate surface area is 184 Å². The van der Waals surface area contributed by atoms with E-state index in [0.29, 0.717) is 18.4 Å². The van der Waals surface area contributed by atoms with Gasteiger partial charge in [-0.1, -0.05) is 29.8 Å². The minimum Gasteiger partial charge on any atom is -0.348 e. The fourth-order valence-corrected chi connectivity index (χ4v) is 5.85. The molecule has 1 aliphatic rings. The maximum atomic E-state index is 13.5. The standard InChI is InChI=1S/C22H24F4N2O3S/c1-15-4-11-19(12-5-15)32(30,31)28-18(3-2-14-27-21(29)22(24,25)26)10-13-20(28)16-6-8-17(23)9-7-16/h4-9,11-12,18,20H,2-3,10,13-14H2,1H3,(H,27,29). The average Bonchev–Trinajstić information content (AvgIpc) is 3.16. The van der Waals surface area contributed by atoms with Crippen molar-refractivity contribution in [3.8, 4) is 0 Å². The van der Waals surface area contributed by atoms with Crippen LogP contribution in [0.25, 0.3) is 0 Å². The van der Waals surface area contributed by atoms with Crippen LogP contribution in [0.4, 0.5) is 17.6 Å². The summed E-state index contributed by atoms with van der Waals surface area (Å²) in [6.45, 7) is 1.63. The second kappa shape index (κ2) is 9.58. The highest BCUT2D eigenvalue weighted by Gasteiger charge is 2.43. The van der Waals surface area contributed by atoms with Gasteiger partial charge in [0.25, 0.3) is 0 Å². The fourth-order valence-electron chi connectivity index (χ4n) is 3.96. The summed E-state index contributed by atoms with van der Waals surface area (Å²) >= 11 is 0. The number of alkyl halides is 3. The van der Waals surface area contributed by atoms with E-state index in [1.807, 2.05) is 12.2 Å². The van der Waals surface area contributed by atoms with Gasteiger partial charge in [-0.3, -0.25) is 4.79 Å². The second-order valence-corrected chi connectivity index (χ2v) is 9.69. The zero-order valence-corrected chi connectivity index (χ0v) is 18.2. The van der Waals surface area contributed by atoms with Gasteiger partial charge in [0, 0.05) is 12.6 Å². The zero-order chi connectivity index (χ0) is 23.5. The highest BCUT2D eigenvalue weighted by atomic mass is 32.2. The number of halogens is 4. The maximum absolute atomic E-state index is 13.5. The van der Waals surface area contributed by atoms with Crippen LogP contribution < -0.4 is 5.32 Å². The molecule has 10 heteroatoms. The fraction of sp³-hybridized carbons (Fsp3) is 0.409. The Hall–Kier alpha value is -2.46. The molecule has 2 atom stereocenters. The minimum absolute atomic E-state index is 0.118. The van der Waals surface area contributed by atoms with Gasteiger partial charge in [0.05, 0.1) is 10.9 Å². The highest BCUT2D eigenvalue weighted by molar-refractivity contribution is 7.89. The van der Waals surface area contributed by atoms with E-state index in [2.05, 4.69) is 0 Å². The van der Waals surface area contributed by atoms with Crippen molar-refractivity contribution in [2.45, 2.75) is 55.8 Å². The van der Waals surface area contributed by atoms with Gasteiger partial charge in [-0.05, 0) is 62.4 Å². The predicted molar refractivity (Wildman–Crippen MR) is 111 cm³/mol. The van der Waals surface area contributed by atoms with Gasteiger partial charge in [-0.25, -0.2) is 12.8 Å². The van der Waals surface area contributed by atoms with E-state index in [4.69, 9.17) is 0 Å². The summed E-state index contributed by atoms with van der Waals surface area (Å²) < 4.78 is 78.9. The molecule has 0 radical (unpaired) electrons. The molecule has 2 aromatic carbocycles. The zero-order valence-electron chi connectivity index (χ0n) is 17.4. The molecule has 1 saturated heterocycles. The Morgan fingerprint density at radius 2 is 1.69 bits per heavy atom. The lowest BCUT2D eigenvalue weighted by Gasteiger charge is -2.30. The van der Waals surface area contributed by atoms with Gasteiger partial charge >= 0.3 is 12.1 Å². The number of nitrogens with zero attached hydrogens (tertiary/aromatic N) is 1. The first-order chi connectivity index (χ1) is 15.0. The molecule has 3 rings (SSSR count). The van der Waals surface area contributed by atoms with Crippen molar-refractivity contribution in [3.63, 3.8) is 0 Å². The quantitative estimate of drug-likeness (QED) is 0.477. The van der Waals surface area contributed by atoms with Crippen molar-refractivity contribution in [2.75, 3.05) is 6.54 Å². The average molecular weight is 473 g/mol. The Morgan fingerprint density at radius 3 is 2.28 bits per heavy atom. The summed E-state index contributed by atoms with van der Waals surface area (Å²) in [4.78, 5) is 11.1. The third-order valence-corrected chi connectivity index (χ3v) is 7.52. The molecule has 0 aliphatic carbocycles. The number of carbonyl (C=O) groups excluding carboxylic acids is 1. The van der Waals surface area contributed by atoms with Gasteiger partial charge in [0.1, 0.15) is 5.82 Å². The molecular formula is C22H24F4N2O3S. The summed E-state index contributed by atoms with van der Waals surface area (Å²) in [7, 11) is -3.92. The molecule has 0 saturated carbocycles. The summed E-state index contributed by atoms with van der Waals surface area (Å²) in [5.41, 5.74) is 1.55. The molecule has 1 N–H and O–H groups in total. The first-order valence-electron chi connectivity index (χ1n) is 10.2. The summed E-state index contributed by atoms with van der Waals surface area (Å²) in [6, 6.07) is 11.1. The summed E-state index contributed by atoms with van der Waals surface area (Å²) in [6.07, 6.45) is -3.50. The van der Waals surface area contributed by atoms with Crippen LogP contribution in [0.15, 0.2) is 53.4 Å². The number of rotatable bonds is 7. The first kappa shape index (κ1) is 24.2. The maximum Gasteiger partial charge on any atom is 0.471 e. The first-order valence-corrected chi connectivity index (χ1v) is 11.6. The number of benzene rings is 2. The lowest BCUT2D eigenvalue weighted by molar-refractivity contribution is -0.173. The van der Waals surface area contributed by atoms with E-state index >= 15 is 0 Å². The van der Waals surface area contributed by atoms with Crippen molar-refractivity contribution in [1.82, 2.24) is 9.62 Å². The molecule has 5 nitrogen and oxygen atoms in total. The van der Waals surface area contributed by atoms with Crippen molar-refractivity contribution < 1.29 is 30.8 Å². The topological polar surface area (TPSA) is 66.5 Å². The van der Waals surface area contributed by atoms with Crippen molar-refractivity contribution >= 4 is 15.9 Å². The van der Waals surface area contributed by atoms with Crippen LogP contribution in [0.1, 0.15) is 42.9 Å². The van der Waals surface area contributed by atoms with Crippen LogP contribution in [-0.4, -0.2) is 37.4 Å². The van der Waals surface area contributed by atoms with Crippen LogP contribution >= 0.6 is 0 Å². The molecule has 1 aliphatic heterocycles. The van der Waals surface area contributed by atoms with Crippen molar-refractivity contribution in [2.24, 2.45) is 0 Å². The Morgan fingerprint density at radius 1 is 1.06 bits per heavy atom. The molecule has 0 aromatic heterocycles. The number of hydrogen-bond acceptors (Lipinski definition) is 3. The predicted octanol–water partition coefficient (Wildman–Crippen LogP) is 4.49. The number of hydrogen-bond donors (Lipinski definition) is 1. The van der Waals surface area contributed by atoms with E-state index < -0.39 is 40.0 Å². The van der Waals surface area contributed by atoms with Gasteiger partial charge in [-0.2, -0.15) is 17.5 Å². The van der Waals surface area contributed by atoms with Gasteiger partial charge < -0.3 is 5.32 Å². The number of sulfonamides is 1. The Bertz CT molecular complexity index is 1040. The molecule has 1 heterocycles. The van der Waals surface area contributed by atoms with Gasteiger partial charge in [-0.15, -0.1) is 0 Å². The Kier molecular flexibility index (Phi) is 7.24. The van der Waals surface area contributed by atoms with Crippen LogP contribution in [0.3, 0.4) is 0 Å². The van der Waals surface area contributed by atoms with E-state index in [9.17, 15) is 30.8 Å². The van der Waals surface area contributed by atoms with Crippen LogP contribution in [0, 0.1) is 12.7 Å². The SMILES string of the molecule is Cc1ccc(S(=O)(=O)N2C(CCCNC(=O)C(F)(F)F)CCC2c2ccc(F)cc2)cc1. The van der Waals surface area contributed by atoms with Gasteiger partial charge in [0.2, 0.25) is 10.0 Å². The normalized spacial score (nSPS) is 19.8. The number of carbonyl (C=O) groups is 1. The number of amides is 1. The number of nitrogens with one attached hydrogen (secondary N) is 1. The lowest BCUT2D eigenvalue weighted by atomic mass is 10.0. The second-order valence-electron chi connectivity index (χ2n) is 7.84. The lowest BCUT2D eigenvalue weighted by Crippen LogP contribution is -2.39. The molecule has 1 fully saturated rings. The molecule has 174 valence electrons. The molecule has 0 spiro atoms. The van der Waals surface area contributed by atoms with Gasteiger partial charge in [0.15, 0.2) is 0 Å². The smallest absolute Gasteiger partial charge is 0.348 e. The third-order valence-electron chi connectivity index (χ3n) is 5.55. The molecule has 1 amide bonds. The van der Waals surface area contributed by atoms with Crippen LogP contribution in [0.5, 0.6) is 0 Å². The van der Waals surface area contributed by atoms with E-state index in [-0.39, 0.29) is 24.3 Å². The molecular weight excluding hydrogens is 448 g/mol. The van der Waals surface area contributed by atoms with Crippen molar-refractivity contribution in [3.05, 3.63) is 65.5 Å².